The van der Waals surface area contributed by atoms with Gasteiger partial charge in [0.2, 0.25) is 0 Å². The van der Waals surface area contributed by atoms with E-state index >= 15 is 0 Å². The van der Waals surface area contributed by atoms with Crippen LogP contribution in [0, 0.1) is 0 Å². The van der Waals surface area contributed by atoms with Crippen molar-refractivity contribution in [1.29, 1.82) is 0 Å². The van der Waals surface area contributed by atoms with Crippen LogP contribution in [0.4, 0.5) is 13.2 Å². The van der Waals surface area contributed by atoms with Crippen LogP contribution in [0.1, 0.15) is 37.3 Å². The smallest absolute Gasteiger partial charge is 0.389 e. The average Bonchev–Trinajstić information content (AvgIpc) is 2.37. The lowest BCUT2D eigenvalue weighted by molar-refractivity contribution is -0.135. The summed E-state index contributed by atoms with van der Waals surface area (Å²) in [4.78, 5) is 0. The van der Waals surface area contributed by atoms with Gasteiger partial charge in [-0.1, -0.05) is 18.2 Å². The van der Waals surface area contributed by atoms with Crippen LogP contribution in [0.15, 0.2) is 24.3 Å². The van der Waals surface area contributed by atoms with Gasteiger partial charge in [-0.05, 0) is 25.5 Å². The number of hydrogen-bond acceptors (Lipinski definition) is 2. The molecule has 1 aromatic rings. The van der Waals surface area contributed by atoms with E-state index < -0.39 is 12.6 Å². The Morgan fingerprint density at radius 3 is 2.79 bits per heavy atom. The third kappa shape index (κ3) is 4.42. The summed E-state index contributed by atoms with van der Waals surface area (Å²) in [6.45, 7) is 1.26. The van der Waals surface area contributed by atoms with E-state index in [1.807, 2.05) is 24.3 Å². The second-order valence-electron chi connectivity index (χ2n) is 4.75. The molecule has 0 radical (unpaired) electrons. The van der Waals surface area contributed by atoms with Crippen LogP contribution in [0.3, 0.4) is 0 Å². The van der Waals surface area contributed by atoms with Crippen molar-refractivity contribution in [1.82, 2.24) is 5.32 Å². The highest BCUT2D eigenvalue weighted by molar-refractivity contribution is 5.37. The monoisotopic (exact) mass is 273 g/mol. The van der Waals surface area contributed by atoms with Gasteiger partial charge in [-0.2, -0.15) is 13.2 Å². The first-order chi connectivity index (χ1) is 9.06. The van der Waals surface area contributed by atoms with E-state index in [2.05, 4.69) is 5.32 Å². The van der Waals surface area contributed by atoms with Crippen molar-refractivity contribution in [3.63, 3.8) is 0 Å². The van der Waals surface area contributed by atoms with Gasteiger partial charge in [0.1, 0.15) is 5.75 Å². The zero-order chi connectivity index (χ0) is 13.7. The molecule has 1 aliphatic rings. The third-order valence-corrected chi connectivity index (χ3v) is 3.24. The minimum absolute atomic E-state index is 0.182. The maximum absolute atomic E-state index is 12.0. The summed E-state index contributed by atoms with van der Waals surface area (Å²) in [6, 6.07) is 7.99. The Bertz CT molecular complexity index is 406. The molecule has 0 aromatic heterocycles. The van der Waals surface area contributed by atoms with Gasteiger partial charge in [-0.15, -0.1) is 0 Å². The first-order valence-corrected chi connectivity index (χ1v) is 6.58. The van der Waals surface area contributed by atoms with Crippen molar-refractivity contribution in [3.8, 4) is 5.75 Å². The van der Waals surface area contributed by atoms with Crippen molar-refractivity contribution < 1.29 is 17.9 Å². The van der Waals surface area contributed by atoms with Gasteiger partial charge >= 0.3 is 6.18 Å². The summed E-state index contributed by atoms with van der Waals surface area (Å²) in [5.74, 6) is 0.876. The lowest BCUT2D eigenvalue weighted by Gasteiger charge is -2.26. The average molecular weight is 273 g/mol. The van der Waals surface area contributed by atoms with Crippen molar-refractivity contribution in [2.75, 3.05) is 13.2 Å². The van der Waals surface area contributed by atoms with E-state index in [0.717, 1.165) is 17.7 Å². The fourth-order valence-electron chi connectivity index (χ4n) is 2.28. The Morgan fingerprint density at radius 2 is 2.00 bits per heavy atom. The zero-order valence-corrected chi connectivity index (χ0v) is 10.7. The predicted octanol–water partition coefficient (Wildman–Crippen LogP) is 3.83. The number of para-hydroxylation sites is 1. The van der Waals surface area contributed by atoms with E-state index in [1.54, 1.807) is 0 Å². The van der Waals surface area contributed by atoms with Crippen molar-refractivity contribution >= 4 is 0 Å². The van der Waals surface area contributed by atoms with Gasteiger partial charge in [0.15, 0.2) is 0 Å². The second kappa shape index (κ2) is 6.28. The highest BCUT2D eigenvalue weighted by Gasteiger charge is 2.26. The number of nitrogens with one attached hydrogen (secondary N) is 1. The fourth-order valence-corrected chi connectivity index (χ4v) is 2.28. The normalized spacial score (nSPS) is 18.8. The van der Waals surface area contributed by atoms with Crippen molar-refractivity contribution in [3.05, 3.63) is 29.8 Å². The van der Waals surface area contributed by atoms with Crippen LogP contribution < -0.4 is 10.1 Å². The number of rotatable bonds is 5. The number of hydrogen-bond donors (Lipinski definition) is 1. The molecule has 0 saturated carbocycles. The van der Waals surface area contributed by atoms with Gasteiger partial charge < -0.3 is 10.1 Å². The molecule has 1 N–H and O–H groups in total. The minimum Gasteiger partial charge on any atom is -0.493 e. The molecule has 2 rings (SSSR count). The molecule has 5 heteroatoms. The molecule has 1 aromatic carbocycles. The summed E-state index contributed by atoms with van der Waals surface area (Å²) >= 11 is 0. The number of fused-ring (bicyclic) bond motifs is 1. The lowest BCUT2D eigenvalue weighted by Crippen LogP contribution is -2.28. The largest absolute Gasteiger partial charge is 0.493 e. The van der Waals surface area contributed by atoms with Crippen LogP contribution >= 0.6 is 0 Å². The Hall–Kier alpha value is -1.23. The number of unbranched alkanes of at least 4 members (excludes halogenated alkanes) is 1. The van der Waals surface area contributed by atoms with Crippen molar-refractivity contribution in [2.24, 2.45) is 0 Å². The maximum Gasteiger partial charge on any atom is 0.389 e. The number of benzene rings is 1. The molecule has 0 amide bonds. The number of ether oxygens (including phenoxy) is 1. The SMILES string of the molecule is FC(F)(F)CCCCNC1CCOc2ccccc21. The maximum atomic E-state index is 12.0. The highest BCUT2D eigenvalue weighted by Crippen LogP contribution is 2.31. The van der Waals surface area contributed by atoms with E-state index in [1.165, 1.54) is 0 Å². The first kappa shape index (κ1) is 14.2. The molecule has 1 atom stereocenters. The molecular weight excluding hydrogens is 255 g/mol. The Kier molecular flexibility index (Phi) is 4.69. The van der Waals surface area contributed by atoms with Crippen molar-refractivity contribution in [2.45, 2.75) is 37.9 Å². The molecular formula is C14H18F3NO. The van der Waals surface area contributed by atoms with Gasteiger partial charge in [0, 0.05) is 24.4 Å². The topological polar surface area (TPSA) is 21.3 Å². The molecule has 106 valence electrons. The highest BCUT2D eigenvalue weighted by atomic mass is 19.4. The van der Waals surface area contributed by atoms with Gasteiger partial charge in [-0.3, -0.25) is 0 Å². The van der Waals surface area contributed by atoms with Gasteiger partial charge in [0.05, 0.1) is 6.61 Å². The summed E-state index contributed by atoms with van der Waals surface area (Å²) in [5.41, 5.74) is 1.10. The number of halogens is 3. The summed E-state index contributed by atoms with van der Waals surface area (Å²) < 4.78 is 41.5. The Balaban J connectivity index is 1.75. The van der Waals surface area contributed by atoms with E-state index in [9.17, 15) is 13.2 Å². The molecule has 0 saturated heterocycles. The molecule has 1 aliphatic heterocycles. The fraction of sp³-hybridized carbons (Fsp3) is 0.571. The molecule has 0 fully saturated rings. The second-order valence-corrected chi connectivity index (χ2v) is 4.75. The third-order valence-electron chi connectivity index (χ3n) is 3.24. The Morgan fingerprint density at radius 1 is 1.21 bits per heavy atom. The Labute approximate surface area is 111 Å². The molecule has 19 heavy (non-hydrogen) atoms. The van der Waals surface area contributed by atoms with Crippen LogP contribution in [0.25, 0.3) is 0 Å². The molecule has 1 unspecified atom stereocenters. The van der Waals surface area contributed by atoms with Crippen LogP contribution in [0.2, 0.25) is 0 Å². The summed E-state index contributed by atoms with van der Waals surface area (Å²) in [7, 11) is 0. The number of alkyl halides is 3. The zero-order valence-electron chi connectivity index (χ0n) is 10.7. The molecule has 1 heterocycles. The summed E-state index contributed by atoms with van der Waals surface area (Å²) in [6.07, 6.45) is -3.15. The van der Waals surface area contributed by atoms with Crippen LogP contribution in [-0.2, 0) is 0 Å². The molecule has 0 bridgehead atoms. The predicted molar refractivity (Wildman–Crippen MR) is 67.2 cm³/mol. The molecule has 2 nitrogen and oxygen atoms in total. The van der Waals surface area contributed by atoms with E-state index in [4.69, 9.17) is 4.74 Å². The van der Waals surface area contributed by atoms with Crippen LogP contribution in [-0.4, -0.2) is 19.3 Å². The van der Waals surface area contributed by atoms with E-state index in [-0.39, 0.29) is 12.5 Å². The van der Waals surface area contributed by atoms with E-state index in [0.29, 0.717) is 19.6 Å². The lowest BCUT2D eigenvalue weighted by atomic mass is 10.0. The standard InChI is InChI=1S/C14H18F3NO/c15-14(16,17)8-3-4-9-18-12-7-10-19-13-6-2-1-5-11(12)13/h1-2,5-6,12,18H,3-4,7-10H2. The first-order valence-electron chi connectivity index (χ1n) is 6.58. The van der Waals surface area contributed by atoms with Crippen LogP contribution in [0.5, 0.6) is 5.75 Å². The van der Waals surface area contributed by atoms with Gasteiger partial charge in [0.25, 0.3) is 0 Å². The minimum atomic E-state index is -4.04. The van der Waals surface area contributed by atoms with Gasteiger partial charge in [-0.25, -0.2) is 0 Å². The molecule has 0 spiro atoms. The molecule has 0 aliphatic carbocycles. The summed E-state index contributed by atoms with van der Waals surface area (Å²) in [5, 5.41) is 3.32. The quantitative estimate of drug-likeness (QED) is 0.823.